The molecule has 0 aliphatic carbocycles. The van der Waals surface area contributed by atoms with Crippen LogP contribution in [0.1, 0.15) is 46.0 Å². The van der Waals surface area contributed by atoms with E-state index in [0.29, 0.717) is 44.6 Å². The van der Waals surface area contributed by atoms with Crippen LogP contribution < -0.4 is 16.5 Å². The molecule has 128 valence electrons. The van der Waals surface area contributed by atoms with Crippen LogP contribution in [0.4, 0.5) is 0 Å². The fourth-order valence-electron chi connectivity index (χ4n) is 1.76. The van der Waals surface area contributed by atoms with Crippen molar-refractivity contribution in [3.8, 4) is 0 Å². The van der Waals surface area contributed by atoms with E-state index in [0.717, 1.165) is 6.42 Å². The number of carbonyl (C=O) groups is 2. The molecule has 5 N–H and O–H groups in total. The molecule has 0 aromatic heterocycles. The molecule has 0 heterocycles. The molecule has 0 bridgehead atoms. The van der Waals surface area contributed by atoms with Crippen molar-refractivity contribution in [3.63, 3.8) is 0 Å². The highest BCUT2D eigenvalue weighted by molar-refractivity contribution is 5.84. The van der Waals surface area contributed by atoms with Crippen molar-refractivity contribution in [3.05, 3.63) is 0 Å². The first-order valence-corrected chi connectivity index (χ1v) is 7.62. The lowest BCUT2D eigenvalue weighted by atomic mass is 10.1. The maximum Gasteiger partial charge on any atom is 0.328 e. The van der Waals surface area contributed by atoms with Crippen LogP contribution in [0, 0.1) is 0 Å². The molecule has 0 spiro atoms. The summed E-state index contributed by atoms with van der Waals surface area (Å²) in [6.45, 7) is 4.63. The minimum Gasteiger partial charge on any atom is -0.464 e. The Morgan fingerprint density at radius 3 is 2.64 bits per heavy atom. The predicted octanol–water partition coefficient (Wildman–Crippen LogP) is 0.341. The van der Waals surface area contributed by atoms with Crippen molar-refractivity contribution < 1.29 is 19.5 Å². The van der Waals surface area contributed by atoms with Crippen LogP contribution in [0.5, 0.6) is 0 Å². The topological polar surface area (TPSA) is 126 Å². The number of aliphatic imine (C=N–C) groups is 1. The molecule has 0 aromatic rings. The zero-order valence-corrected chi connectivity index (χ0v) is 13.4. The van der Waals surface area contributed by atoms with Gasteiger partial charge in [-0.25, -0.2) is 4.79 Å². The van der Waals surface area contributed by atoms with Gasteiger partial charge in [0.25, 0.3) is 0 Å². The number of rotatable bonds is 11. The lowest BCUT2D eigenvalue weighted by Crippen LogP contribution is -2.42. The Labute approximate surface area is 131 Å². The zero-order chi connectivity index (χ0) is 16.8. The first kappa shape index (κ1) is 20.3. The number of carbonyl (C=O) groups excluding carboxylic acids is 2. The Balaban J connectivity index is 4.24. The molecule has 1 atom stereocenters. The maximum atomic E-state index is 11.8. The largest absolute Gasteiger partial charge is 0.464 e. The number of unbranched alkanes of at least 4 members (excludes halogenated alkanes) is 1. The highest BCUT2D eigenvalue weighted by Crippen LogP contribution is 2.05. The van der Waals surface area contributed by atoms with E-state index in [1.807, 2.05) is 5.48 Å². The molecule has 1 amide bonds. The van der Waals surface area contributed by atoms with E-state index in [1.165, 1.54) is 0 Å². The number of hydrogen-bond donors (Lipinski definition) is 4. The van der Waals surface area contributed by atoms with E-state index in [4.69, 9.17) is 15.7 Å². The van der Waals surface area contributed by atoms with Crippen LogP contribution in [0.3, 0.4) is 0 Å². The molecule has 8 heteroatoms. The fraction of sp³-hybridized carbons (Fsp3) is 0.786. The molecule has 0 saturated carbocycles. The molecule has 0 rings (SSSR count). The van der Waals surface area contributed by atoms with Gasteiger partial charge in [0.15, 0.2) is 0 Å². The van der Waals surface area contributed by atoms with E-state index in [2.05, 4.69) is 10.3 Å². The summed E-state index contributed by atoms with van der Waals surface area (Å²) in [5, 5.41) is 11.3. The van der Waals surface area contributed by atoms with Crippen LogP contribution >= 0.6 is 0 Å². The Morgan fingerprint density at radius 1 is 1.32 bits per heavy atom. The third-order valence-electron chi connectivity index (χ3n) is 2.93. The average molecular weight is 316 g/mol. The lowest BCUT2D eigenvalue weighted by molar-refractivity contribution is -0.147. The van der Waals surface area contributed by atoms with Crippen molar-refractivity contribution in [1.29, 1.82) is 0 Å². The second kappa shape index (κ2) is 13.0. The number of nitrogens with one attached hydrogen (secondary N) is 2. The van der Waals surface area contributed by atoms with E-state index >= 15 is 0 Å². The van der Waals surface area contributed by atoms with Gasteiger partial charge in [0.05, 0.1) is 6.61 Å². The number of nitrogens with two attached hydrogens (primary N) is 1. The van der Waals surface area contributed by atoms with Gasteiger partial charge in [-0.1, -0.05) is 0 Å². The van der Waals surface area contributed by atoms with Gasteiger partial charge in [-0.15, -0.1) is 0 Å². The number of amides is 1. The summed E-state index contributed by atoms with van der Waals surface area (Å²) >= 11 is 0. The first-order chi connectivity index (χ1) is 10.5. The van der Waals surface area contributed by atoms with Crippen molar-refractivity contribution in [1.82, 2.24) is 10.8 Å². The van der Waals surface area contributed by atoms with Gasteiger partial charge in [0, 0.05) is 13.0 Å². The highest BCUT2D eigenvalue weighted by atomic mass is 16.5. The van der Waals surface area contributed by atoms with Crippen LogP contribution in [0.2, 0.25) is 0 Å². The Morgan fingerprint density at radius 2 is 2.05 bits per heavy atom. The molecule has 22 heavy (non-hydrogen) atoms. The number of nitrogens with zero attached hydrogens (tertiary/aromatic N) is 1. The molecule has 0 aliphatic heterocycles. The summed E-state index contributed by atoms with van der Waals surface area (Å²) in [6.07, 6.45) is 2.84. The Kier molecular flexibility index (Phi) is 12.0. The van der Waals surface area contributed by atoms with Gasteiger partial charge >= 0.3 is 5.97 Å². The van der Waals surface area contributed by atoms with E-state index in [1.54, 1.807) is 13.8 Å². The van der Waals surface area contributed by atoms with Crippen molar-refractivity contribution in [2.45, 2.75) is 52.0 Å². The van der Waals surface area contributed by atoms with Crippen LogP contribution in [0.25, 0.3) is 0 Å². The molecule has 0 saturated heterocycles. The SMILES string of the molecule is CCOC(=O)[C@H](CCCCN=C(C)NO)NC(=O)CCCN. The molecular weight excluding hydrogens is 288 g/mol. The second-order valence-corrected chi connectivity index (χ2v) is 4.84. The molecule has 0 aliphatic rings. The smallest absolute Gasteiger partial charge is 0.328 e. The van der Waals surface area contributed by atoms with Crippen molar-refractivity contribution >= 4 is 17.7 Å². The van der Waals surface area contributed by atoms with Gasteiger partial charge in [0.2, 0.25) is 5.91 Å². The Hall–Kier alpha value is -1.67. The third-order valence-corrected chi connectivity index (χ3v) is 2.93. The monoisotopic (exact) mass is 316 g/mol. The predicted molar refractivity (Wildman–Crippen MR) is 83.6 cm³/mol. The summed E-state index contributed by atoms with van der Waals surface area (Å²) in [5.41, 5.74) is 7.31. The van der Waals surface area contributed by atoms with Crippen molar-refractivity contribution in [2.24, 2.45) is 10.7 Å². The third kappa shape index (κ3) is 10.1. The van der Waals surface area contributed by atoms with Gasteiger partial charge < -0.3 is 15.8 Å². The highest BCUT2D eigenvalue weighted by Gasteiger charge is 2.21. The van der Waals surface area contributed by atoms with E-state index in [9.17, 15) is 9.59 Å². The summed E-state index contributed by atoms with van der Waals surface area (Å²) in [6, 6.07) is -0.633. The summed E-state index contributed by atoms with van der Waals surface area (Å²) in [7, 11) is 0. The zero-order valence-electron chi connectivity index (χ0n) is 13.4. The number of hydroxylamine groups is 1. The number of ether oxygens (including phenoxy) is 1. The normalized spacial score (nSPS) is 12.6. The molecule has 0 unspecified atom stereocenters. The average Bonchev–Trinajstić information content (AvgIpc) is 2.51. The van der Waals surface area contributed by atoms with Crippen LogP contribution in [-0.4, -0.2) is 48.7 Å². The molecule has 0 fully saturated rings. The molecular formula is C14H28N4O4. The van der Waals surface area contributed by atoms with Gasteiger partial charge in [-0.05, 0) is 46.1 Å². The summed E-state index contributed by atoms with van der Waals surface area (Å²) in [4.78, 5) is 27.6. The van der Waals surface area contributed by atoms with Gasteiger partial charge in [-0.3, -0.25) is 20.5 Å². The molecule has 0 radical (unpaired) electrons. The molecule has 0 aromatic carbocycles. The number of amidine groups is 1. The van der Waals surface area contributed by atoms with Crippen molar-refractivity contribution in [2.75, 3.05) is 19.7 Å². The lowest BCUT2D eigenvalue weighted by Gasteiger charge is -2.17. The number of esters is 1. The quantitative estimate of drug-likeness (QED) is 0.143. The van der Waals surface area contributed by atoms with Gasteiger partial charge in [0.1, 0.15) is 11.9 Å². The van der Waals surface area contributed by atoms with Gasteiger partial charge in [-0.2, -0.15) is 0 Å². The van der Waals surface area contributed by atoms with E-state index in [-0.39, 0.29) is 12.5 Å². The standard InChI is InChI=1S/C14H28N4O4/c1-3-22-14(20)12(17-13(19)8-6-9-15)7-4-5-10-16-11(2)18-21/h12,21H,3-10,15H2,1-2H3,(H,16,18)(H,17,19)/t12-/m0/s1. The second-order valence-electron chi connectivity index (χ2n) is 4.84. The maximum absolute atomic E-state index is 11.8. The summed E-state index contributed by atoms with van der Waals surface area (Å²) < 4.78 is 4.97. The minimum atomic E-state index is -0.633. The molecule has 8 nitrogen and oxygen atoms in total. The van der Waals surface area contributed by atoms with Crippen LogP contribution in [-0.2, 0) is 14.3 Å². The minimum absolute atomic E-state index is 0.193. The van der Waals surface area contributed by atoms with E-state index < -0.39 is 12.0 Å². The first-order valence-electron chi connectivity index (χ1n) is 7.62. The Bertz CT molecular complexity index is 361. The number of hydrogen-bond acceptors (Lipinski definition) is 6. The summed E-state index contributed by atoms with van der Waals surface area (Å²) in [5.74, 6) is -0.167. The van der Waals surface area contributed by atoms with Crippen LogP contribution in [0.15, 0.2) is 4.99 Å². The fourth-order valence-corrected chi connectivity index (χ4v) is 1.76.